The van der Waals surface area contributed by atoms with Crippen molar-refractivity contribution >= 4 is 5.97 Å². The minimum absolute atomic E-state index is 0.176. The molecule has 0 aliphatic carbocycles. The van der Waals surface area contributed by atoms with Gasteiger partial charge in [0, 0.05) is 6.42 Å². The Morgan fingerprint density at radius 2 is 1.38 bits per heavy atom. The van der Waals surface area contributed by atoms with E-state index in [2.05, 4.69) is 0 Å². The SMILES string of the molecule is CC[C@@H](O)/C=C/C=C\C[C@H](O)/C=C\C=C/C/C=C\C/C=C\CCC(=O)O. The number of carboxylic acid groups (broad SMARTS) is 1. The molecule has 0 radical (unpaired) electrons. The minimum Gasteiger partial charge on any atom is -0.481 e. The van der Waals surface area contributed by atoms with Gasteiger partial charge in [-0.3, -0.25) is 4.79 Å². The van der Waals surface area contributed by atoms with Crippen LogP contribution in [-0.4, -0.2) is 33.5 Å². The molecule has 0 amide bonds. The third-order valence-corrected chi connectivity index (χ3v) is 3.36. The van der Waals surface area contributed by atoms with E-state index in [1.54, 1.807) is 18.2 Å². The van der Waals surface area contributed by atoms with Gasteiger partial charge in [0.2, 0.25) is 0 Å². The maximum Gasteiger partial charge on any atom is 0.303 e. The van der Waals surface area contributed by atoms with Gasteiger partial charge >= 0.3 is 5.97 Å². The zero-order chi connectivity index (χ0) is 19.5. The Balaban J connectivity index is 3.79. The molecule has 3 N–H and O–H groups in total. The summed E-state index contributed by atoms with van der Waals surface area (Å²) in [6.45, 7) is 1.92. The molecule has 0 heterocycles. The van der Waals surface area contributed by atoms with E-state index in [0.29, 0.717) is 19.3 Å². The van der Waals surface area contributed by atoms with Crippen LogP contribution in [0, 0.1) is 0 Å². The van der Waals surface area contributed by atoms with Gasteiger partial charge in [-0.15, -0.1) is 0 Å². The second-order valence-electron chi connectivity index (χ2n) is 5.75. The van der Waals surface area contributed by atoms with Crippen LogP contribution in [0.4, 0.5) is 0 Å². The van der Waals surface area contributed by atoms with Crippen LogP contribution in [-0.2, 0) is 4.79 Å². The molecule has 0 saturated heterocycles. The van der Waals surface area contributed by atoms with Crippen molar-refractivity contribution in [3.05, 3.63) is 72.9 Å². The fraction of sp³-hybridized carbons (Fsp3) is 0.409. The van der Waals surface area contributed by atoms with E-state index in [-0.39, 0.29) is 6.42 Å². The van der Waals surface area contributed by atoms with Crippen molar-refractivity contribution in [3.63, 3.8) is 0 Å². The lowest BCUT2D eigenvalue weighted by molar-refractivity contribution is -0.136. The van der Waals surface area contributed by atoms with E-state index in [1.165, 1.54) is 0 Å². The largest absolute Gasteiger partial charge is 0.481 e. The summed E-state index contributed by atoms with van der Waals surface area (Å²) in [7, 11) is 0. The Morgan fingerprint density at radius 3 is 2.04 bits per heavy atom. The van der Waals surface area contributed by atoms with Gasteiger partial charge < -0.3 is 15.3 Å². The Kier molecular flexibility index (Phi) is 16.2. The maximum absolute atomic E-state index is 10.3. The van der Waals surface area contributed by atoms with Crippen molar-refractivity contribution in [2.45, 2.75) is 57.7 Å². The molecule has 0 unspecified atom stereocenters. The highest BCUT2D eigenvalue weighted by Crippen LogP contribution is 1.99. The first kappa shape index (κ1) is 23.8. The summed E-state index contributed by atoms with van der Waals surface area (Å²) in [5.74, 6) is -0.770. The third kappa shape index (κ3) is 18.2. The lowest BCUT2D eigenvalue weighted by atomic mass is 10.2. The van der Waals surface area contributed by atoms with Crippen molar-refractivity contribution in [1.82, 2.24) is 0 Å². The van der Waals surface area contributed by atoms with Crippen LogP contribution in [0.3, 0.4) is 0 Å². The molecule has 4 nitrogen and oxygen atoms in total. The highest BCUT2D eigenvalue weighted by Gasteiger charge is 1.93. The Bertz CT molecular complexity index is 524. The van der Waals surface area contributed by atoms with E-state index < -0.39 is 18.2 Å². The monoisotopic (exact) mass is 360 g/mol. The first-order valence-electron chi connectivity index (χ1n) is 9.10. The van der Waals surface area contributed by atoms with E-state index in [0.717, 1.165) is 12.8 Å². The van der Waals surface area contributed by atoms with Crippen LogP contribution in [0.2, 0.25) is 0 Å². The lowest BCUT2D eigenvalue weighted by Crippen LogP contribution is -1.99. The van der Waals surface area contributed by atoms with Crippen LogP contribution < -0.4 is 0 Å². The second kappa shape index (κ2) is 17.6. The van der Waals surface area contributed by atoms with Crippen LogP contribution >= 0.6 is 0 Å². The summed E-state index contributed by atoms with van der Waals surface area (Å²) < 4.78 is 0. The average molecular weight is 360 g/mol. The highest BCUT2D eigenvalue weighted by atomic mass is 16.4. The molecule has 0 aromatic rings. The van der Waals surface area contributed by atoms with E-state index in [4.69, 9.17) is 5.11 Å². The third-order valence-electron chi connectivity index (χ3n) is 3.36. The standard InChI is InChI=1S/C22H32O4/c1-2-20(23)16-13-11-14-18-21(24)17-12-9-7-5-3-4-6-8-10-15-19-22(25)26/h3-4,7-14,16-17,20-21,23-24H,2,5-6,15,18-19H2,1H3,(H,25,26)/b4-3-,9-7-,10-8-,14-11-,16-13+,17-12-/t20-,21-/m1/s1. The number of hydrogen-bond donors (Lipinski definition) is 3. The molecule has 0 fully saturated rings. The molecule has 0 saturated carbocycles. The molecular formula is C22H32O4. The predicted molar refractivity (Wildman–Crippen MR) is 108 cm³/mol. The summed E-state index contributed by atoms with van der Waals surface area (Å²) >= 11 is 0. The van der Waals surface area contributed by atoms with Crippen LogP contribution in [0.25, 0.3) is 0 Å². The first-order valence-corrected chi connectivity index (χ1v) is 9.10. The predicted octanol–water partition coefficient (Wildman–Crippen LogP) is 4.49. The first-order chi connectivity index (χ1) is 12.6. The van der Waals surface area contributed by atoms with Gasteiger partial charge in [-0.05, 0) is 32.1 Å². The Hall–Kier alpha value is -2.17. The molecule has 0 aliphatic heterocycles. The maximum atomic E-state index is 10.3. The smallest absolute Gasteiger partial charge is 0.303 e. The number of aliphatic hydroxyl groups excluding tert-OH is 2. The zero-order valence-corrected chi connectivity index (χ0v) is 15.6. The van der Waals surface area contributed by atoms with E-state index in [1.807, 2.05) is 61.6 Å². The van der Waals surface area contributed by atoms with E-state index >= 15 is 0 Å². The number of allylic oxidation sites excluding steroid dienone is 9. The minimum atomic E-state index is -0.770. The Labute approximate surface area is 157 Å². The zero-order valence-electron chi connectivity index (χ0n) is 15.6. The summed E-state index contributed by atoms with van der Waals surface area (Å²) in [5, 5.41) is 27.6. The van der Waals surface area contributed by atoms with Gasteiger partial charge in [0.15, 0.2) is 0 Å². The number of carbonyl (C=O) groups is 1. The van der Waals surface area contributed by atoms with Gasteiger partial charge in [-0.1, -0.05) is 79.8 Å². The van der Waals surface area contributed by atoms with Gasteiger partial charge in [0.1, 0.15) is 0 Å². The fourth-order valence-electron chi connectivity index (χ4n) is 1.82. The molecule has 0 aliphatic rings. The van der Waals surface area contributed by atoms with E-state index in [9.17, 15) is 15.0 Å². The van der Waals surface area contributed by atoms with Crippen molar-refractivity contribution in [3.8, 4) is 0 Å². The van der Waals surface area contributed by atoms with Crippen LogP contribution in [0.1, 0.15) is 45.4 Å². The number of aliphatic carboxylic acids is 1. The van der Waals surface area contributed by atoms with Crippen molar-refractivity contribution < 1.29 is 20.1 Å². The number of hydrogen-bond acceptors (Lipinski definition) is 3. The lowest BCUT2D eigenvalue weighted by Gasteiger charge is -1.99. The van der Waals surface area contributed by atoms with Crippen molar-refractivity contribution in [2.75, 3.05) is 0 Å². The van der Waals surface area contributed by atoms with Gasteiger partial charge in [0.05, 0.1) is 12.2 Å². The summed E-state index contributed by atoms with van der Waals surface area (Å²) in [5.41, 5.74) is 0. The number of carboxylic acids is 1. The molecule has 0 bridgehead atoms. The van der Waals surface area contributed by atoms with Crippen LogP contribution in [0.15, 0.2) is 72.9 Å². The molecule has 0 spiro atoms. The van der Waals surface area contributed by atoms with Gasteiger partial charge in [-0.25, -0.2) is 0 Å². The molecule has 0 rings (SSSR count). The molecule has 2 atom stereocenters. The van der Waals surface area contributed by atoms with Crippen LogP contribution in [0.5, 0.6) is 0 Å². The normalized spacial score (nSPS) is 15.5. The summed E-state index contributed by atoms with van der Waals surface area (Å²) in [6, 6.07) is 0. The van der Waals surface area contributed by atoms with Gasteiger partial charge in [-0.2, -0.15) is 0 Å². The average Bonchev–Trinajstić information content (AvgIpc) is 2.61. The molecule has 4 heteroatoms. The molecule has 0 aromatic carbocycles. The molecular weight excluding hydrogens is 328 g/mol. The van der Waals surface area contributed by atoms with Crippen molar-refractivity contribution in [1.29, 1.82) is 0 Å². The molecule has 26 heavy (non-hydrogen) atoms. The quantitative estimate of drug-likeness (QED) is 0.315. The highest BCUT2D eigenvalue weighted by molar-refractivity contribution is 5.66. The van der Waals surface area contributed by atoms with Crippen molar-refractivity contribution in [2.24, 2.45) is 0 Å². The number of rotatable bonds is 14. The summed E-state index contributed by atoms with van der Waals surface area (Å²) in [4.78, 5) is 10.3. The molecule has 0 aromatic heterocycles. The fourth-order valence-corrected chi connectivity index (χ4v) is 1.82. The molecule has 144 valence electrons. The van der Waals surface area contributed by atoms with Gasteiger partial charge in [0.25, 0.3) is 0 Å². The summed E-state index contributed by atoms with van der Waals surface area (Å²) in [6.07, 6.45) is 25.3. The topological polar surface area (TPSA) is 77.8 Å². The Morgan fingerprint density at radius 1 is 0.808 bits per heavy atom. The number of aliphatic hydroxyl groups is 2. The second-order valence-corrected chi connectivity index (χ2v) is 5.75.